The SMILES string of the molecule is O=C(NCCCSc1ccccc1)N1CCN(c2cccc(C(F)(F)F)c2)CC1. The first-order valence-electron chi connectivity index (χ1n) is 9.56. The van der Waals surface area contributed by atoms with E-state index in [0.29, 0.717) is 38.4 Å². The first-order valence-corrected chi connectivity index (χ1v) is 10.5. The molecule has 8 heteroatoms. The molecule has 0 aliphatic carbocycles. The van der Waals surface area contributed by atoms with Crippen LogP contribution in [0.25, 0.3) is 0 Å². The number of nitrogens with one attached hydrogen (secondary N) is 1. The molecule has 4 nitrogen and oxygen atoms in total. The Hall–Kier alpha value is -2.35. The van der Waals surface area contributed by atoms with Crippen LogP contribution in [0.1, 0.15) is 12.0 Å². The summed E-state index contributed by atoms with van der Waals surface area (Å²) < 4.78 is 38.7. The van der Waals surface area contributed by atoms with Gasteiger partial charge in [-0.25, -0.2) is 4.79 Å². The van der Waals surface area contributed by atoms with Crippen LogP contribution < -0.4 is 10.2 Å². The maximum Gasteiger partial charge on any atom is 0.416 e. The van der Waals surface area contributed by atoms with E-state index in [1.165, 1.54) is 17.0 Å². The van der Waals surface area contributed by atoms with Crippen LogP contribution in [0.3, 0.4) is 0 Å². The standard InChI is InChI=1S/C21H24F3N3OS/c22-21(23,24)17-6-4-7-18(16-17)26-11-13-27(14-12-26)20(28)25-10-5-15-29-19-8-2-1-3-9-19/h1-4,6-9,16H,5,10-15H2,(H,25,28). The number of hydrogen-bond acceptors (Lipinski definition) is 3. The molecule has 0 atom stereocenters. The van der Waals surface area contributed by atoms with Gasteiger partial charge in [0.05, 0.1) is 5.56 Å². The van der Waals surface area contributed by atoms with E-state index in [1.807, 2.05) is 23.1 Å². The average molecular weight is 424 g/mol. The fourth-order valence-electron chi connectivity index (χ4n) is 3.13. The molecule has 1 saturated heterocycles. The Labute approximate surface area is 173 Å². The molecule has 0 bridgehead atoms. The van der Waals surface area contributed by atoms with E-state index in [-0.39, 0.29) is 6.03 Å². The van der Waals surface area contributed by atoms with Gasteiger partial charge in [0.15, 0.2) is 0 Å². The Morgan fingerprint density at radius 3 is 2.41 bits per heavy atom. The highest BCUT2D eigenvalue weighted by molar-refractivity contribution is 7.99. The number of carbonyl (C=O) groups is 1. The van der Waals surface area contributed by atoms with Crippen LogP contribution in [0.2, 0.25) is 0 Å². The van der Waals surface area contributed by atoms with Crippen LogP contribution >= 0.6 is 11.8 Å². The van der Waals surface area contributed by atoms with Gasteiger partial charge in [0, 0.05) is 43.3 Å². The normalized spacial score (nSPS) is 14.7. The van der Waals surface area contributed by atoms with Crippen molar-refractivity contribution in [2.24, 2.45) is 0 Å². The Bertz CT molecular complexity index is 793. The highest BCUT2D eigenvalue weighted by atomic mass is 32.2. The Kier molecular flexibility index (Phi) is 7.30. The molecule has 1 heterocycles. The van der Waals surface area contributed by atoms with Gasteiger partial charge in [-0.3, -0.25) is 0 Å². The molecule has 3 rings (SSSR count). The molecule has 1 aliphatic rings. The van der Waals surface area contributed by atoms with Gasteiger partial charge in [0.25, 0.3) is 0 Å². The van der Waals surface area contributed by atoms with E-state index < -0.39 is 11.7 Å². The van der Waals surface area contributed by atoms with Crippen molar-refractivity contribution in [1.29, 1.82) is 0 Å². The molecule has 2 aromatic rings. The molecule has 0 saturated carbocycles. The Morgan fingerprint density at radius 1 is 1.00 bits per heavy atom. The van der Waals surface area contributed by atoms with Crippen molar-refractivity contribution in [3.05, 3.63) is 60.2 Å². The average Bonchev–Trinajstić information content (AvgIpc) is 2.74. The minimum atomic E-state index is -4.35. The third-order valence-electron chi connectivity index (χ3n) is 4.71. The zero-order chi connectivity index (χ0) is 20.7. The third kappa shape index (κ3) is 6.32. The number of amides is 2. The number of thioether (sulfide) groups is 1. The van der Waals surface area contributed by atoms with Crippen molar-refractivity contribution in [2.75, 3.05) is 43.4 Å². The molecular formula is C21H24F3N3OS. The molecule has 156 valence electrons. The van der Waals surface area contributed by atoms with Gasteiger partial charge in [-0.15, -0.1) is 11.8 Å². The summed E-state index contributed by atoms with van der Waals surface area (Å²) in [5.74, 6) is 0.924. The molecule has 0 aromatic heterocycles. The highest BCUT2D eigenvalue weighted by Crippen LogP contribution is 2.31. The smallest absolute Gasteiger partial charge is 0.368 e. The van der Waals surface area contributed by atoms with Gasteiger partial charge in [0.1, 0.15) is 0 Å². The second-order valence-corrected chi connectivity index (χ2v) is 7.94. The third-order valence-corrected chi connectivity index (χ3v) is 5.81. The summed E-state index contributed by atoms with van der Waals surface area (Å²) in [4.78, 5) is 17.1. The van der Waals surface area contributed by atoms with Crippen LogP contribution in [0.5, 0.6) is 0 Å². The minimum Gasteiger partial charge on any atom is -0.368 e. The van der Waals surface area contributed by atoms with E-state index in [2.05, 4.69) is 17.4 Å². The number of piperazine rings is 1. The first kappa shape index (κ1) is 21.4. The summed E-state index contributed by atoms with van der Waals surface area (Å²) in [7, 11) is 0. The molecular weight excluding hydrogens is 399 g/mol. The van der Waals surface area contributed by atoms with E-state index in [4.69, 9.17) is 0 Å². The molecule has 1 aliphatic heterocycles. The van der Waals surface area contributed by atoms with Crippen molar-refractivity contribution in [3.63, 3.8) is 0 Å². The second kappa shape index (κ2) is 9.91. The number of rotatable bonds is 6. The lowest BCUT2D eigenvalue weighted by molar-refractivity contribution is -0.137. The van der Waals surface area contributed by atoms with Crippen LogP contribution in [-0.2, 0) is 6.18 Å². The summed E-state index contributed by atoms with van der Waals surface area (Å²) in [5, 5.41) is 2.93. The lowest BCUT2D eigenvalue weighted by atomic mass is 10.1. The van der Waals surface area contributed by atoms with Gasteiger partial charge in [0.2, 0.25) is 0 Å². The van der Waals surface area contributed by atoms with Crippen molar-refractivity contribution < 1.29 is 18.0 Å². The number of nitrogens with zero attached hydrogens (tertiary/aromatic N) is 2. The second-order valence-electron chi connectivity index (χ2n) is 6.77. The maximum absolute atomic E-state index is 12.9. The van der Waals surface area contributed by atoms with E-state index >= 15 is 0 Å². The predicted octanol–water partition coefficient (Wildman–Crippen LogP) is 4.72. The summed E-state index contributed by atoms with van der Waals surface area (Å²) in [6, 6.07) is 15.3. The molecule has 0 spiro atoms. The molecule has 29 heavy (non-hydrogen) atoms. The Morgan fingerprint density at radius 2 is 1.72 bits per heavy atom. The van der Waals surface area contributed by atoms with Gasteiger partial charge in [-0.1, -0.05) is 24.3 Å². The van der Waals surface area contributed by atoms with Gasteiger partial charge >= 0.3 is 12.2 Å². The van der Waals surface area contributed by atoms with Crippen molar-refractivity contribution in [2.45, 2.75) is 17.5 Å². The monoisotopic (exact) mass is 423 g/mol. The highest BCUT2D eigenvalue weighted by Gasteiger charge is 2.31. The number of hydrogen-bond donors (Lipinski definition) is 1. The van der Waals surface area contributed by atoms with Crippen molar-refractivity contribution in [1.82, 2.24) is 10.2 Å². The van der Waals surface area contributed by atoms with Crippen LogP contribution in [0.4, 0.5) is 23.7 Å². The molecule has 2 aromatic carbocycles. The molecule has 0 radical (unpaired) electrons. The molecule has 1 fully saturated rings. The van der Waals surface area contributed by atoms with E-state index in [0.717, 1.165) is 18.2 Å². The zero-order valence-corrected chi connectivity index (χ0v) is 16.8. The van der Waals surface area contributed by atoms with Crippen molar-refractivity contribution in [3.8, 4) is 0 Å². The number of anilines is 1. The fraction of sp³-hybridized carbons (Fsp3) is 0.381. The number of urea groups is 1. The number of alkyl halides is 3. The van der Waals surface area contributed by atoms with E-state index in [1.54, 1.807) is 22.7 Å². The summed E-state index contributed by atoms with van der Waals surface area (Å²) >= 11 is 1.76. The fourth-order valence-corrected chi connectivity index (χ4v) is 4.01. The van der Waals surface area contributed by atoms with Gasteiger partial charge < -0.3 is 15.1 Å². The van der Waals surface area contributed by atoms with Gasteiger partial charge in [-0.05, 0) is 42.5 Å². The first-order chi connectivity index (χ1) is 13.9. The van der Waals surface area contributed by atoms with Gasteiger partial charge in [-0.2, -0.15) is 13.2 Å². The molecule has 2 amide bonds. The zero-order valence-electron chi connectivity index (χ0n) is 16.0. The predicted molar refractivity (Wildman–Crippen MR) is 110 cm³/mol. The topological polar surface area (TPSA) is 35.6 Å². The number of benzene rings is 2. The lowest BCUT2D eigenvalue weighted by Crippen LogP contribution is -2.52. The minimum absolute atomic E-state index is 0.113. The van der Waals surface area contributed by atoms with Crippen molar-refractivity contribution >= 4 is 23.5 Å². The summed E-state index contributed by atoms with van der Waals surface area (Å²) in [5.41, 5.74) is -0.110. The maximum atomic E-state index is 12.9. The molecule has 1 N–H and O–H groups in total. The molecule has 0 unspecified atom stereocenters. The lowest BCUT2D eigenvalue weighted by Gasteiger charge is -2.36. The van der Waals surface area contributed by atoms with E-state index in [9.17, 15) is 18.0 Å². The summed E-state index contributed by atoms with van der Waals surface area (Å²) in [6.45, 7) is 2.60. The summed E-state index contributed by atoms with van der Waals surface area (Å²) in [6.07, 6.45) is -3.48. The quantitative estimate of drug-likeness (QED) is 0.540. The van der Waals surface area contributed by atoms with Crippen LogP contribution in [0, 0.1) is 0 Å². The largest absolute Gasteiger partial charge is 0.416 e. The van der Waals surface area contributed by atoms with Crippen LogP contribution in [0.15, 0.2) is 59.5 Å². The van der Waals surface area contributed by atoms with Crippen LogP contribution in [-0.4, -0.2) is 49.4 Å². The Balaban J connectivity index is 1.38. The number of halogens is 3. The number of carbonyl (C=O) groups excluding carboxylic acids is 1.